The number of benzene rings is 1. The minimum absolute atomic E-state index is 0.293. The highest BCUT2D eigenvalue weighted by Crippen LogP contribution is 2.22. The molecule has 2 aromatic rings. The van der Waals surface area contributed by atoms with E-state index in [1.54, 1.807) is 6.20 Å². The second kappa shape index (κ2) is 5.80. The van der Waals surface area contributed by atoms with Gasteiger partial charge in [0.1, 0.15) is 10.7 Å². The van der Waals surface area contributed by atoms with E-state index < -0.39 is 0 Å². The Balaban J connectivity index is 2.24. The van der Waals surface area contributed by atoms with Crippen LogP contribution < -0.4 is 11.1 Å². The molecule has 0 radical (unpaired) electrons. The molecule has 3 nitrogen and oxygen atoms in total. The van der Waals surface area contributed by atoms with E-state index >= 15 is 0 Å². The number of hydrogen-bond acceptors (Lipinski definition) is 3. The lowest BCUT2D eigenvalue weighted by Crippen LogP contribution is -2.13. The minimum atomic E-state index is 0.293. The Hall–Kier alpha value is -1.94. The molecule has 0 unspecified atom stereocenters. The first-order valence-corrected chi connectivity index (χ1v) is 6.60. The number of hydrogen-bond donors (Lipinski definition) is 2. The van der Waals surface area contributed by atoms with Gasteiger partial charge in [-0.05, 0) is 35.7 Å². The van der Waals surface area contributed by atoms with Gasteiger partial charge in [0.05, 0.1) is 5.69 Å². The van der Waals surface area contributed by atoms with Crippen molar-refractivity contribution in [2.75, 3.05) is 5.32 Å². The Bertz CT molecular complexity index is 576. The van der Waals surface area contributed by atoms with Crippen molar-refractivity contribution in [2.45, 2.75) is 19.8 Å². The van der Waals surface area contributed by atoms with Gasteiger partial charge in [0.25, 0.3) is 0 Å². The van der Waals surface area contributed by atoms with Crippen LogP contribution in [0.3, 0.4) is 0 Å². The molecule has 1 heterocycles. The zero-order chi connectivity index (χ0) is 13.8. The van der Waals surface area contributed by atoms with Crippen LogP contribution in [0.25, 0.3) is 0 Å². The molecule has 1 aromatic heterocycles. The van der Waals surface area contributed by atoms with Crippen LogP contribution in [-0.2, 0) is 0 Å². The van der Waals surface area contributed by atoms with Crippen molar-refractivity contribution in [3.8, 4) is 0 Å². The number of thiocarbonyl (C=S) groups is 1. The van der Waals surface area contributed by atoms with Crippen molar-refractivity contribution < 1.29 is 0 Å². The van der Waals surface area contributed by atoms with Gasteiger partial charge in [0, 0.05) is 11.9 Å². The SMILES string of the molecule is CC(C)c1ccc(Nc2cccnc2C(N)=S)cc1. The van der Waals surface area contributed by atoms with Crippen molar-refractivity contribution in [3.05, 3.63) is 53.9 Å². The highest BCUT2D eigenvalue weighted by molar-refractivity contribution is 7.80. The first kappa shape index (κ1) is 13.5. The molecule has 0 bridgehead atoms. The molecule has 0 fully saturated rings. The number of nitrogens with two attached hydrogens (primary N) is 1. The van der Waals surface area contributed by atoms with E-state index in [1.807, 2.05) is 24.3 Å². The van der Waals surface area contributed by atoms with Gasteiger partial charge in [-0.2, -0.15) is 0 Å². The zero-order valence-electron chi connectivity index (χ0n) is 11.1. The largest absolute Gasteiger partial charge is 0.388 e. The predicted molar refractivity (Wildman–Crippen MR) is 83.9 cm³/mol. The van der Waals surface area contributed by atoms with Crippen molar-refractivity contribution in [3.63, 3.8) is 0 Å². The summed E-state index contributed by atoms with van der Waals surface area (Å²) in [6.07, 6.45) is 1.68. The van der Waals surface area contributed by atoms with Gasteiger partial charge in [-0.3, -0.25) is 4.98 Å². The monoisotopic (exact) mass is 271 g/mol. The van der Waals surface area contributed by atoms with Gasteiger partial charge >= 0.3 is 0 Å². The van der Waals surface area contributed by atoms with E-state index in [0.717, 1.165) is 11.4 Å². The summed E-state index contributed by atoms with van der Waals surface area (Å²) in [6, 6.07) is 12.1. The van der Waals surface area contributed by atoms with Crippen molar-refractivity contribution in [1.29, 1.82) is 0 Å². The lowest BCUT2D eigenvalue weighted by atomic mass is 10.0. The summed E-state index contributed by atoms with van der Waals surface area (Å²) in [5.41, 5.74) is 9.41. The van der Waals surface area contributed by atoms with Crippen LogP contribution >= 0.6 is 12.2 Å². The van der Waals surface area contributed by atoms with E-state index in [1.165, 1.54) is 5.56 Å². The molecule has 1 aromatic carbocycles. The summed E-state index contributed by atoms with van der Waals surface area (Å²) in [7, 11) is 0. The normalized spacial score (nSPS) is 10.5. The minimum Gasteiger partial charge on any atom is -0.388 e. The number of anilines is 2. The quantitative estimate of drug-likeness (QED) is 0.834. The summed E-state index contributed by atoms with van der Waals surface area (Å²) in [5, 5.41) is 3.29. The fourth-order valence-corrected chi connectivity index (χ4v) is 1.97. The van der Waals surface area contributed by atoms with Gasteiger partial charge in [-0.15, -0.1) is 0 Å². The molecule has 0 saturated heterocycles. The summed E-state index contributed by atoms with van der Waals surface area (Å²) in [4.78, 5) is 4.48. The molecule has 0 saturated carbocycles. The number of rotatable bonds is 4. The third-order valence-electron chi connectivity index (χ3n) is 2.90. The highest BCUT2D eigenvalue weighted by atomic mass is 32.1. The maximum atomic E-state index is 5.66. The molecule has 2 rings (SSSR count). The average Bonchev–Trinajstić information content (AvgIpc) is 2.39. The Morgan fingerprint density at radius 2 is 1.89 bits per heavy atom. The molecular formula is C15H17N3S. The first-order chi connectivity index (χ1) is 9.08. The Kier molecular flexibility index (Phi) is 4.12. The van der Waals surface area contributed by atoms with Crippen LogP contribution in [0, 0.1) is 0 Å². The number of nitrogens with zero attached hydrogens (tertiary/aromatic N) is 1. The van der Waals surface area contributed by atoms with E-state index in [0.29, 0.717) is 16.6 Å². The number of pyridine rings is 1. The van der Waals surface area contributed by atoms with Crippen LogP contribution in [0.15, 0.2) is 42.6 Å². The highest BCUT2D eigenvalue weighted by Gasteiger charge is 2.06. The number of aromatic nitrogens is 1. The third kappa shape index (κ3) is 3.29. The van der Waals surface area contributed by atoms with Gasteiger partial charge in [0.15, 0.2) is 0 Å². The fraction of sp³-hybridized carbons (Fsp3) is 0.200. The summed E-state index contributed by atoms with van der Waals surface area (Å²) in [6.45, 7) is 4.35. The Morgan fingerprint density at radius 1 is 1.21 bits per heavy atom. The van der Waals surface area contributed by atoms with Gasteiger partial charge in [-0.25, -0.2) is 0 Å². The molecular weight excluding hydrogens is 254 g/mol. The van der Waals surface area contributed by atoms with E-state index in [-0.39, 0.29) is 0 Å². The van der Waals surface area contributed by atoms with Crippen LogP contribution in [0.5, 0.6) is 0 Å². The maximum Gasteiger partial charge on any atom is 0.124 e. The van der Waals surface area contributed by atoms with E-state index in [9.17, 15) is 0 Å². The first-order valence-electron chi connectivity index (χ1n) is 6.19. The van der Waals surface area contributed by atoms with Crippen molar-refractivity contribution in [2.24, 2.45) is 5.73 Å². The van der Waals surface area contributed by atoms with Crippen LogP contribution in [0.2, 0.25) is 0 Å². The molecule has 0 aliphatic heterocycles. The summed E-state index contributed by atoms with van der Waals surface area (Å²) in [5.74, 6) is 0.527. The van der Waals surface area contributed by atoms with Crippen LogP contribution in [0.1, 0.15) is 31.0 Å². The second-order valence-electron chi connectivity index (χ2n) is 4.67. The maximum absolute atomic E-state index is 5.66. The number of nitrogens with one attached hydrogen (secondary N) is 1. The molecule has 4 heteroatoms. The second-order valence-corrected chi connectivity index (χ2v) is 5.11. The lowest BCUT2D eigenvalue weighted by molar-refractivity contribution is 0.867. The summed E-state index contributed by atoms with van der Waals surface area (Å²) < 4.78 is 0. The standard InChI is InChI=1S/C15H17N3S/c1-10(2)11-5-7-12(8-6-11)18-13-4-3-9-17-14(13)15(16)19/h3-10,18H,1-2H3,(H2,16,19). The molecule has 19 heavy (non-hydrogen) atoms. The molecule has 98 valence electrons. The van der Waals surface area contributed by atoms with Crippen molar-refractivity contribution >= 4 is 28.6 Å². The molecule has 0 aliphatic rings. The van der Waals surface area contributed by atoms with Gasteiger partial charge in [0.2, 0.25) is 0 Å². The molecule has 0 amide bonds. The molecule has 0 spiro atoms. The van der Waals surface area contributed by atoms with E-state index in [2.05, 4.69) is 36.3 Å². The molecule has 0 atom stereocenters. The van der Waals surface area contributed by atoms with Crippen molar-refractivity contribution in [1.82, 2.24) is 4.98 Å². The lowest BCUT2D eigenvalue weighted by Gasteiger charge is -2.11. The topological polar surface area (TPSA) is 50.9 Å². The Morgan fingerprint density at radius 3 is 2.47 bits per heavy atom. The third-order valence-corrected chi connectivity index (χ3v) is 3.09. The average molecular weight is 271 g/mol. The smallest absolute Gasteiger partial charge is 0.124 e. The molecule has 0 aliphatic carbocycles. The van der Waals surface area contributed by atoms with Crippen LogP contribution in [0.4, 0.5) is 11.4 Å². The summed E-state index contributed by atoms with van der Waals surface area (Å²) >= 11 is 5.00. The molecule has 3 N–H and O–H groups in total. The zero-order valence-corrected chi connectivity index (χ0v) is 11.9. The van der Waals surface area contributed by atoms with Gasteiger partial charge < -0.3 is 11.1 Å². The predicted octanol–water partition coefficient (Wildman–Crippen LogP) is 3.58. The fourth-order valence-electron chi connectivity index (χ4n) is 1.81. The van der Waals surface area contributed by atoms with Gasteiger partial charge in [-0.1, -0.05) is 38.2 Å². The van der Waals surface area contributed by atoms with E-state index in [4.69, 9.17) is 18.0 Å². The van der Waals surface area contributed by atoms with Crippen LogP contribution in [-0.4, -0.2) is 9.97 Å². The Labute approximate surface area is 118 Å².